The number of morpholine rings is 1. The molecule has 0 bridgehead atoms. The third-order valence-corrected chi connectivity index (χ3v) is 8.61. The van der Waals surface area contributed by atoms with E-state index >= 15 is 0 Å². The van der Waals surface area contributed by atoms with Crippen molar-refractivity contribution < 1.29 is 17.9 Å². The Morgan fingerprint density at radius 3 is 2.70 bits per heavy atom. The van der Waals surface area contributed by atoms with Crippen LogP contribution in [0.1, 0.15) is 12.0 Å². The third kappa shape index (κ3) is 5.96. The summed E-state index contributed by atoms with van der Waals surface area (Å²) in [5.74, 6) is 0.385. The Morgan fingerprint density at radius 1 is 1.20 bits per heavy atom. The summed E-state index contributed by atoms with van der Waals surface area (Å²) in [6, 6.07) is 7.58. The van der Waals surface area contributed by atoms with Gasteiger partial charge in [0, 0.05) is 30.6 Å². The molecule has 2 saturated heterocycles. The van der Waals surface area contributed by atoms with Gasteiger partial charge in [0.25, 0.3) is 0 Å². The topological polar surface area (TPSA) is 100 Å². The average Bonchev–Trinajstić information content (AvgIpc) is 3.20. The molecule has 1 aromatic carbocycles. The number of hydrogen-bond donors (Lipinski definition) is 2. The van der Waals surface area contributed by atoms with Gasteiger partial charge in [-0.1, -0.05) is 23.9 Å². The van der Waals surface area contributed by atoms with E-state index in [0.717, 1.165) is 55.7 Å². The van der Waals surface area contributed by atoms with Gasteiger partial charge >= 0.3 is 0 Å². The van der Waals surface area contributed by atoms with E-state index in [0.29, 0.717) is 13.0 Å². The van der Waals surface area contributed by atoms with Gasteiger partial charge in [0.1, 0.15) is 0 Å². The summed E-state index contributed by atoms with van der Waals surface area (Å²) in [7, 11) is -2.93. The first kappa shape index (κ1) is 21.6. The summed E-state index contributed by atoms with van der Waals surface area (Å²) < 4.78 is 28.6. The minimum Gasteiger partial charge on any atom is -0.379 e. The Balaban J connectivity index is 1.17. The fourth-order valence-corrected chi connectivity index (χ4v) is 7.52. The van der Waals surface area contributed by atoms with Gasteiger partial charge in [0.2, 0.25) is 5.91 Å². The van der Waals surface area contributed by atoms with Gasteiger partial charge in [0.05, 0.1) is 37.2 Å². The molecule has 164 valence electrons. The molecule has 1 amide bonds. The van der Waals surface area contributed by atoms with Gasteiger partial charge in [-0.15, -0.1) is 0 Å². The molecule has 3 heterocycles. The minimum atomic E-state index is -2.93. The van der Waals surface area contributed by atoms with E-state index in [1.54, 1.807) is 0 Å². The fourth-order valence-electron chi connectivity index (χ4n) is 3.85. The van der Waals surface area contributed by atoms with E-state index in [4.69, 9.17) is 4.74 Å². The van der Waals surface area contributed by atoms with E-state index in [-0.39, 0.29) is 28.7 Å². The summed E-state index contributed by atoms with van der Waals surface area (Å²) in [5.41, 5.74) is 1.84. The van der Waals surface area contributed by atoms with E-state index in [1.807, 2.05) is 24.3 Å². The van der Waals surface area contributed by atoms with Crippen molar-refractivity contribution in [3.8, 4) is 0 Å². The monoisotopic (exact) mass is 452 g/mol. The SMILES string of the molecule is O=C(Cc1ccc(NC2=N[C@H]3CS(=O)(=O)C[C@H]3S2)cc1)NCCCN1CCOCC1. The molecule has 0 unspecified atom stereocenters. The lowest BCUT2D eigenvalue weighted by Crippen LogP contribution is -2.38. The quantitative estimate of drug-likeness (QED) is 0.589. The Hall–Kier alpha value is -1.62. The summed E-state index contributed by atoms with van der Waals surface area (Å²) in [5, 5.41) is 7.04. The Morgan fingerprint density at radius 2 is 1.97 bits per heavy atom. The smallest absolute Gasteiger partial charge is 0.224 e. The highest BCUT2D eigenvalue weighted by Crippen LogP contribution is 2.34. The van der Waals surface area contributed by atoms with Gasteiger partial charge in [-0.2, -0.15) is 0 Å². The van der Waals surface area contributed by atoms with E-state index in [9.17, 15) is 13.2 Å². The molecule has 0 aromatic heterocycles. The van der Waals surface area contributed by atoms with Crippen molar-refractivity contribution in [2.75, 3.05) is 56.2 Å². The molecule has 8 nitrogen and oxygen atoms in total. The van der Waals surface area contributed by atoms with Gasteiger partial charge < -0.3 is 15.4 Å². The zero-order valence-corrected chi connectivity index (χ0v) is 18.5. The molecule has 0 saturated carbocycles. The number of nitrogens with zero attached hydrogens (tertiary/aromatic N) is 2. The second kappa shape index (κ2) is 9.67. The Bertz CT molecular complexity index is 883. The molecule has 2 N–H and O–H groups in total. The molecule has 4 rings (SSSR count). The zero-order valence-electron chi connectivity index (χ0n) is 16.9. The van der Waals surface area contributed by atoms with Crippen molar-refractivity contribution in [2.45, 2.75) is 24.1 Å². The summed E-state index contributed by atoms with van der Waals surface area (Å²) in [6.45, 7) is 5.21. The van der Waals surface area contributed by atoms with Crippen LogP contribution in [0, 0.1) is 0 Å². The second-order valence-corrected chi connectivity index (χ2v) is 11.3. The number of nitrogens with one attached hydrogen (secondary N) is 2. The summed E-state index contributed by atoms with van der Waals surface area (Å²) in [6.07, 6.45) is 1.30. The van der Waals surface area contributed by atoms with Crippen LogP contribution >= 0.6 is 11.8 Å². The molecule has 0 aliphatic carbocycles. The molecule has 0 radical (unpaired) electrons. The molecular formula is C20H28N4O4S2. The van der Waals surface area contributed by atoms with Crippen molar-refractivity contribution in [1.82, 2.24) is 10.2 Å². The largest absolute Gasteiger partial charge is 0.379 e. The maximum atomic E-state index is 12.2. The van der Waals surface area contributed by atoms with Crippen molar-refractivity contribution in [1.29, 1.82) is 0 Å². The van der Waals surface area contributed by atoms with Crippen molar-refractivity contribution in [3.05, 3.63) is 29.8 Å². The van der Waals surface area contributed by atoms with Crippen LogP contribution in [0.5, 0.6) is 0 Å². The number of thioether (sulfide) groups is 1. The first-order valence-corrected chi connectivity index (χ1v) is 13.0. The lowest BCUT2D eigenvalue weighted by atomic mass is 10.1. The fraction of sp³-hybridized carbons (Fsp3) is 0.600. The number of ether oxygens (including phenoxy) is 1. The molecular weight excluding hydrogens is 424 g/mol. The number of amides is 1. The van der Waals surface area contributed by atoms with Crippen LogP contribution in [-0.2, 0) is 25.8 Å². The highest BCUT2D eigenvalue weighted by molar-refractivity contribution is 8.15. The van der Waals surface area contributed by atoms with Crippen molar-refractivity contribution in [2.24, 2.45) is 4.99 Å². The van der Waals surface area contributed by atoms with Gasteiger partial charge in [0.15, 0.2) is 15.0 Å². The van der Waals surface area contributed by atoms with Gasteiger partial charge in [-0.05, 0) is 30.7 Å². The van der Waals surface area contributed by atoms with Gasteiger partial charge in [-0.25, -0.2) is 8.42 Å². The predicted molar refractivity (Wildman–Crippen MR) is 120 cm³/mol. The highest BCUT2D eigenvalue weighted by atomic mass is 32.2. The third-order valence-electron chi connectivity index (χ3n) is 5.47. The zero-order chi connectivity index (χ0) is 21.0. The molecule has 0 spiro atoms. The summed E-state index contributed by atoms with van der Waals surface area (Å²) >= 11 is 1.50. The highest BCUT2D eigenvalue weighted by Gasteiger charge is 2.42. The van der Waals surface area contributed by atoms with Crippen LogP contribution in [-0.4, -0.2) is 86.6 Å². The normalized spacial score (nSPS) is 25.5. The Kier molecular flexibility index (Phi) is 6.97. The van der Waals surface area contributed by atoms with Crippen LogP contribution in [0.15, 0.2) is 29.3 Å². The molecule has 10 heteroatoms. The van der Waals surface area contributed by atoms with E-state index in [2.05, 4.69) is 20.5 Å². The first-order valence-electron chi connectivity index (χ1n) is 10.3. The lowest BCUT2D eigenvalue weighted by molar-refractivity contribution is -0.120. The number of sulfone groups is 1. The first-order chi connectivity index (χ1) is 14.5. The van der Waals surface area contributed by atoms with E-state index < -0.39 is 9.84 Å². The van der Waals surface area contributed by atoms with E-state index in [1.165, 1.54) is 11.8 Å². The minimum absolute atomic E-state index is 0.0300. The van der Waals surface area contributed by atoms with Gasteiger partial charge in [-0.3, -0.25) is 14.7 Å². The number of anilines is 1. The van der Waals surface area contributed by atoms with Crippen LogP contribution in [0.25, 0.3) is 0 Å². The molecule has 2 fully saturated rings. The maximum absolute atomic E-state index is 12.2. The Labute approximate surface area is 181 Å². The number of aliphatic imine (C=N–C) groups is 1. The molecule has 3 aliphatic rings. The molecule has 3 aliphatic heterocycles. The predicted octanol–water partition coefficient (Wildman–Crippen LogP) is 0.748. The van der Waals surface area contributed by atoms with Crippen molar-refractivity contribution in [3.63, 3.8) is 0 Å². The number of amidine groups is 1. The van der Waals surface area contributed by atoms with Crippen LogP contribution in [0.2, 0.25) is 0 Å². The van der Waals surface area contributed by atoms with Crippen LogP contribution < -0.4 is 10.6 Å². The van der Waals surface area contributed by atoms with Crippen LogP contribution in [0.3, 0.4) is 0 Å². The number of carbonyl (C=O) groups is 1. The number of benzene rings is 1. The molecule has 1 aromatic rings. The van der Waals surface area contributed by atoms with Crippen molar-refractivity contribution >= 4 is 38.4 Å². The average molecular weight is 453 g/mol. The van der Waals surface area contributed by atoms with Crippen LogP contribution in [0.4, 0.5) is 5.69 Å². The molecule has 30 heavy (non-hydrogen) atoms. The standard InChI is InChI=1S/C20H28N4O4S2/c25-19(21-6-1-7-24-8-10-28-11-9-24)12-15-2-4-16(5-3-15)22-20-23-17-13-30(26,27)14-18(17)29-20/h2-5,17-18H,1,6-14H2,(H,21,25)(H,22,23)/t17-,18+/m0/s1. The maximum Gasteiger partial charge on any atom is 0.224 e. The second-order valence-electron chi connectivity index (χ2n) is 7.89. The lowest BCUT2D eigenvalue weighted by Gasteiger charge is -2.26. The molecule has 2 atom stereocenters. The number of rotatable bonds is 7. The summed E-state index contributed by atoms with van der Waals surface area (Å²) in [4.78, 5) is 19.0. The number of carbonyl (C=O) groups excluding carboxylic acids is 1. The number of hydrogen-bond acceptors (Lipinski definition) is 8. The number of fused-ring (bicyclic) bond motifs is 1.